The van der Waals surface area contributed by atoms with Crippen LogP contribution in [-0.2, 0) is 20.6 Å². The van der Waals surface area contributed by atoms with Crippen molar-refractivity contribution in [3.05, 3.63) is 85.3 Å². The molecule has 0 bridgehead atoms. The Hall–Kier alpha value is -3.63. The molecule has 1 N–H and O–H groups in total. The monoisotopic (exact) mass is 512 g/mol. The number of hydrogen-bond donors (Lipinski definition) is 1. The number of halogens is 2. The highest BCUT2D eigenvalue weighted by Crippen LogP contribution is 2.32. The largest absolute Gasteiger partial charge is 0.497 e. The van der Waals surface area contributed by atoms with E-state index in [1.807, 2.05) is 24.3 Å². The van der Waals surface area contributed by atoms with E-state index in [0.717, 1.165) is 15.9 Å². The molecule has 1 aliphatic rings. The van der Waals surface area contributed by atoms with Crippen LogP contribution in [0.5, 0.6) is 5.75 Å². The number of anilines is 1. The number of nitrogens with one attached hydrogen (secondary N) is 1. The molecule has 0 spiro atoms. The van der Waals surface area contributed by atoms with Gasteiger partial charge in [-0.05, 0) is 29.8 Å². The van der Waals surface area contributed by atoms with Crippen LogP contribution in [0.4, 0.5) is 10.3 Å². The summed E-state index contributed by atoms with van der Waals surface area (Å²) in [5.74, 6) is 0.694. The molecule has 3 heterocycles. The van der Waals surface area contributed by atoms with E-state index in [9.17, 15) is 14.0 Å². The first kappa shape index (κ1) is 24.1. The van der Waals surface area contributed by atoms with Gasteiger partial charge in [-0.25, -0.2) is 9.18 Å². The molecule has 0 saturated carbocycles. The molecule has 2 aromatic heterocycles. The second-order valence-corrected chi connectivity index (χ2v) is 9.17. The van der Waals surface area contributed by atoms with Crippen molar-refractivity contribution >= 4 is 28.7 Å². The van der Waals surface area contributed by atoms with Gasteiger partial charge in [-0.15, -0.1) is 0 Å². The Kier molecular flexibility index (Phi) is 6.31. The molecule has 1 fully saturated rings. The lowest BCUT2D eigenvalue weighted by Gasteiger charge is -2.37. The standard InChI is InChI=1S/C25H26ClFN6O3/c1-30-22-21(23(34)31(2)25(30)35)33(14-17-18(26)8-5-9-19(17)27)24(29-22)32-11-10-28-13-20(32)15-6-4-7-16(12-15)36-3/h4-9,12,20,28H,10-11,13-14H2,1-3H3. The van der Waals surface area contributed by atoms with Gasteiger partial charge in [0.1, 0.15) is 11.6 Å². The molecule has 4 aromatic rings. The first-order chi connectivity index (χ1) is 17.3. The van der Waals surface area contributed by atoms with Gasteiger partial charge < -0.3 is 15.0 Å². The maximum atomic E-state index is 14.9. The molecule has 9 nitrogen and oxygen atoms in total. The average Bonchev–Trinajstić information content (AvgIpc) is 3.27. The number of fused-ring (bicyclic) bond motifs is 1. The van der Waals surface area contributed by atoms with Gasteiger partial charge in [-0.2, -0.15) is 4.98 Å². The van der Waals surface area contributed by atoms with Crippen LogP contribution in [0.1, 0.15) is 17.2 Å². The molecule has 5 rings (SSSR count). The van der Waals surface area contributed by atoms with Crippen molar-refractivity contribution in [1.29, 1.82) is 0 Å². The Labute approximate surface area is 211 Å². The molecule has 0 radical (unpaired) electrons. The van der Waals surface area contributed by atoms with E-state index in [-0.39, 0.29) is 34.3 Å². The molecule has 1 atom stereocenters. The minimum absolute atomic E-state index is 0.0282. The van der Waals surface area contributed by atoms with Gasteiger partial charge in [-0.3, -0.25) is 18.5 Å². The first-order valence-corrected chi connectivity index (χ1v) is 11.9. The highest BCUT2D eigenvalue weighted by molar-refractivity contribution is 6.31. The molecule has 11 heteroatoms. The summed E-state index contributed by atoms with van der Waals surface area (Å²) in [6, 6.07) is 12.1. The predicted molar refractivity (Wildman–Crippen MR) is 137 cm³/mol. The van der Waals surface area contributed by atoms with Gasteiger partial charge in [0.2, 0.25) is 5.95 Å². The number of rotatable bonds is 5. The number of imidazole rings is 1. The van der Waals surface area contributed by atoms with Crippen molar-refractivity contribution < 1.29 is 9.13 Å². The fourth-order valence-electron chi connectivity index (χ4n) is 4.74. The highest BCUT2D eigenvalue weighted by atomic mass is 35.5. The van der Waals surface area contributed by atoms with Crippen LogP contribution in [-0.4, -0.2) is 45.4 Å². The van der Waals surface area contributed by atoms with Gasteiger partial charge in [0.15, 0.2) is 11.2 Å². The lowest BCUT2D eigenvalue weighted by Crippen LogP contribution is -2.47. The average molecular weight is 513 g/mol. The van der Waals surface area contributed by atoms with Crippen molar-refractivity contribution in [2.24, 2.45) is 14.1 Å². The molecule has 1 unspecified atom stereocenters. The lowest BCUT2D eigenvalue weighted by atomic mass is 10.0. The van der Waals surface area contributed by atoms with Gasteiger partial charge in [-0.1, -0.05) is 29.8 Å². The van der Waals surface area contributed by atoms with Crippen LogP contribution in [0.2, 0.25) is 5.02 Å². The Morgan fingerprint density at radius 3 is 2.69 bits per heavy atom. The topological polar surface area (TPSA) is 86.3 Å². The zero-order chi connectivity index (χ0) is 25.6. The minimum Gasteiger partial charge on any atom is -0.497 e. The molecule has 1 aliphatic heterocycles. The number of piperazine rings is 1. The maximum absolute atomic E-state index is 14.9. The van der Waals surface area contributed by atoms with Crippen LogP contribution in [0, 0.1) is 5.82 Å². The Morgan fingerprint density at radius 1 is 1.17 bits per heavy atom. The summed E-state index contributed by atoms with van der Waals surface area (Å²) in [7, 11) is 4.60. The minimum atomic E-state index is -0.507. The summed E-state index contributed by atoms with van der Waals surface area (Å²) in [6.45, 7) is 1.85. The van der Waals surface area contributed by atoms with Crippen LogP contribution in [0.3, 0.4) is 0 Å². The quantitative estimate of drug-likeness (QED) is 0.442. The van der Waals surface area contributed by atoms with Crippen LogP contribution in [0.25, 0.3) is 11.2 Å². The van der Waals surface area contributed by atoms with Crippen molar-refractivity contribution in [3.63, 3.8) is 0 Å². The zero-order valence-corrected chi connectivity index (χ0v) is 20.9. The number of ether oxygens (including phenoxy) is 1. The summed E-state index contributed by atoms with van der Waals surface area (Å²) < 4.78 is 24.3. The number of hydrogen-bond acceptors (Lipinski definition) is 6. The normalized spacial score (nSPS) is 16.0. The molecule has 188 valence electrons. The van der Waals surface area contributed by atoms with E-state index < -0.39 is 17.1 Å². The van der Waals surface area contributed by atoms with Crippen LogP contribution < -0.4 is 26.2 Å². The number of aryl methyl sites for hydroxylation is 1. The van der Waals surface area contributed by atoms with Gasteiger partial charge >= 0.3 is 5.69 Å². The SMILES string of the molecule is COc1cccc(C2CNCCN2c2nc3c(c(=O)n(C)c(=O)n3C)n2Cc2c(F)cccc2Cl)c1. The molecule has 1 saturated heterocycles. The van der Waals surface area contributed by atoms with Crippen molar-refractivity contribution in [3.8, 4) is 5.75 Å². The molecule has 2 aromatic carbocycles. The van der Waals surface area contributed by atoms with E-state index in [4.69, 9.17) is 21.3 Å². The third kappa shape index (κ3) is 3.96. The summed E-state index contributed by atoms with van der Waals surface area (Å²) in [6.07, 6.45) is 0. The third-order valence-corrected chi connectivity index (χ3v) is 7.04. The van der Waals surface area contributed by atoms with E-state index in [2.05, 4.69) is 10.2 Å². The fourth-order valence-corrected chi connectivity index (χ4v) is 4.96. The number of methoxy groups -OCH3 is 1. The highest BCUT2D eigenvalue weighted by Gasteiger charge is 2.31. The summed E-state index contributed by atoms with van der Waals surface area (Å²) in [5.41, 5.74) is 0.671. The number of aromatic nitrogens is 4. The molecule has 36 heavy (non-hydrogen) atoms. The van der Waals surface area contributed by atoms with Crippen molar-refractivity contribution in [2.45, 2.75) is 12.6 Å². The Morgan fingerprint density at radius 2 is 1.94 bits per heavy atom. The van der Waals surface area contributed by atoms with Crippen molar-refractivity contribution in [1.82, 2.24) is 24.0 Å². The summed E-state index contributed by atoms with van der Waals surface area (Å²) in [4.78, 5) is 32.9. The smallest absolute Gasteiger partial charge is 0.332 e. The number of nitrogens with zero attached hydrogens (tertiary/aromatic N) is 5. The fraction of sp³-hybridized carbons (Fsp3) is 0.320. The third-order valence-electron chi connectivity index (χ3n) is 6.68. The van der Waals surface area contributed by atoms with Crippen LogP contribution >= 0.6 is 11.6 Å². The predicted octanol–water partition coefficient (Wildman–Crippen LogP) is 2.43. The maximum Gasteiger partial charge on any atom is 0.332 e. The van der Waals surface area contributed by atoms with Gasteiger partial charge in [0, 0.05) is 44.3 Å². The van der Waals surface area contributed by atoms with Crippen molar-refractivity contribution in [2.75, 3.05) is 31.6 Å². The Balaban J connectivity index is 1.76. The molecular formula is C25H26ClFN6O3. The van der Waals surface area contributed by atoms with E-state index in [0.29, 0.717) is 25.6 Å². The van der Waals surface area contributed by atoms with Gasteiger partial charge in [0.25, 0.3) is 5.56 Å². The second-order valence-electron chi connectivity index (χ2n) is 8.77. The van der Waals surface area contributed by atoms with E-state index in [1.54, 1.807) is 24.8 Å². The Bertz CT molecular complexity index is 1560. The van der Waals surface area contributed by atoms with E-state index in [1.165, 1.54) is 23.7 Å². The molecule has 0 aliphatic carbocycles. The van der Waals surface area contributed by atoms with Crippen LogP contribution in [0.15, 0.2) is 52.1 Å². The van der Waals surface area contributed by atoms with Gasteiger partial charge in [0.05, 0.1) is 19.7 Å². The zero-order valence-electron chi connectivity index (χ0n) is 20.2. The number of benzene rings is 2. The summed E-state index contributed by atoms with van der Waals surface area (Å²) >= 11 is 6.37. The molecular weight excluding hydrogens is 487 g/mol. The lowest BCUT2D eigenvalue weighted by molar-refractivity contribution is 0.412. The summed E-state index contributed by atoms with van der Waals surface area (Å²) in [5, 5.41) is 3.66. The van der Waals surface area contributed by atoms with E-state index >= 15 is 0 Å². The first-order valence-electron chi connectivity index (χ1n) is 11.5. The second kappa shape index (κ2) is 9.44. The molecule has 0 amide bonds.